The molecule has 0 aliphatic rings. The lowest BCUT2D eigenvalue weighted by atomic mass is 10.0. The van der Waals surface area contributed by atoms with Gasteiger partial charge in [0.1, 0.15) is 5.75 Å². The molecule has 6 heteroatoms. The van der Waals surface area contributed by atoms with Crippen LogP contribution in [0.5, 0.6) is 5.75 Å². The van der Waals surface area contributed by atoms with E-state index in [1.165, 1.54) is 4.90 Å². The summed E-state index contributed by atoms with van der Waals surface area (Å²) in [5.74, 6) is 0.100. The summed E-state index contributed by atoms with van der Waals surface area (Å²) in [5, 5.41) is 3.56. The van der Waals surface area contributed by atoms with Gasteiger partial charge in [-0.05, 0) is 31.2 Å². The molecule has 6 nitrogen and oxygen atoms in total. The molecule has 0 aliphatic heterocycles. The fraction of sp³-hybridized carbons (Fsp3) is 0.148. The second kappa shape index (κ2) is 9.53. The van der Waals surface area contributed by atoms with Gasteiger partial charge in [0, 0.05) is 29.8 Å². The van der Waals surface area contributed by atoms with Crippen LogP contribution in [0.4, 0.5) is 5.69 Å². The number of aryl methyl sites for hydroxylation is 1. The van der Waals surface area contributed by atoms with Gasteiger partial charge in [0.05, 0.1) is 30.4 Å². The van der Waals surface area contributed by atoms with Crippen LogP contribution in [0.1, 0.15) is 15.9 Å². The molecule has 0 unspecified atom stereocenters. The van der Waals surface area contributed by atoms with E-state index in [1.54, 1.807) is 44.5 Å². The molecular weight excluding hydrogens is 414 g/mol. The van der Waals surface area contributed by atoms with Gasteiger partial charge in [-0.15, -0.1) is 0 Å². The molecule has 0 fully saturated rings. The Kier molecular flexibility index (Phi) is 6.36. The van der Waals surface area contributed by atoms with Gasteiger partial charge in [0.2, 0.25) is 5.91 Å². The van der Waals surface area contributed by atoms with Gasteiger partial charge in [0.15, 0.2) is 0 Å². The number of para-hydroxylation sites is 1. The van der Waals surface area contributed by atoms with Gasteiger partial charge in [-0.2, -0.15) is 0 Å². The van der Waals surface area contributed by atoms with Gasteiger partial charge in [-0.3, -0.25) is 9.59 Å². The first-order valence-corrected chi connectivity index (χ1v) is 10.6. The second-order valence-electron chi connectivity index (χ2n) is 7.88. The maximum atomic E-state index is 13.4. The van der Waals surface area contributed by atoms with E-state index >= 15 is 0 Å². The number of hydrogen-bond donors (Lipinski definition) is 1. The van der Waals surface area contributed by atoms with E-state index in [9.17, 15) is 9.59 Å². The van der Waals surface area contributed by atoms with Crippen molar-refractivity contribution in [2.45, 2.75) is 6.92 Å². The molecule has 4 aromatic rings. The third-order valence-electron chi connectivity index (χ3n) is 5.37. The monoisotopic (exact) mass is 439 g/mol. The maximum absolute atomic E-state index is 13.4. The molecule has 4 rings (SSSR count). The number of carbonyl (C=O) groups excluding carboxylic acids is 2. The number of anilines is 1. The SMILES string of the molecule is COc1cccc(NC(=O)CN(C)C(=O)c2cc(-c3ccc(C)cc3)nc3ccccc23)c1. The highest BCUT2D eigenvalue weighted by atomic mass is 16.5. The summed E-state index contributed by atoms with van der Waals surface area (Å²) in [6, 6.07) is 24.4. The van der Waals surface area contributed by atoms with E-state index < -0.39 is 0 Å². The van der Waals surface area contributed by atoms with Crippen LogP contribution in [0.2, 0.25) is 0 Å². The van der Waals surface area contributed by atoms with Crippen LogP contribution in [0.15, 0.2) is 78.9 Å². The number of hydrogen-bond acceptors (Lipinski definition) is 4. The van der Waals surface area contributed by atoms with Crippen molar-refractivity contribution in [1.29, 1.82) is 0 Å². The van der Waals surface area contributed by atoms with Gasteiger partial charge in [-0.1, -0.05) is 54.1 Å². The lowest BCUT2D eigenvalue weighted by Crippen LogP contribution is -2.35. The van der Waals surface area contributed by atoms with Crippen molar-refractivity contribution in [2.75, 3.05) is 26.0 Å². The molecular formula is C27H25N3O3. The van der Waals surface area contributed by atoms with Gasteiger partial charge in [-0.25, -0.2) is 4.98 Å². The van der Waals surface area contributed by atoms with Crippen molar-refractivity contribution in [3.05, 3.63) is 90.0 Å². The summed E-state index contributed by atoms with van der Waals surface area (Å²) in [6.45, 7) is 1.94. The number of rotatable bonds is 6. The molecule has 0 atom stereocenters. The van der Waals surface area contributed by atoms with Crippen LogP contribution < -0.4 is 10.1 Å². The molecule has 0 saturated heterocycles. The predicted octanol–water partition coefficient (Wildman–Crippen LogP) is 4.93. The Morgan fingerprint density at radius 3 is 2.48 bits per heavy atom. The number of nitrogens with one attached hydrogen (secondary N) is 1. The zero-order valence-electron chi connectivity index (χ0n) is 18.8. The predicted molar refractivity (Wildman–Crippen MR) is 131 cm³/mol. The minimum atomic E-state index is -0.295. The van der Waals surface area contributed by atoms with Gasteiger partial charge < -0.3 is 15.0 Å². The average Bonchev–Trinajstić information content (AvgIpc) is 2.83. The van der Waals surface area contributed by atoms with E-state index in [0.717, 1.165) is 22.0 Å². The summed E-state index contributed by atoms with van der Waals surface area (Å²) < 4.78 is 5.19. The molecule has 33 heavy (non-hydrogen) atoms. The van der Waals surface area contributed by atoms with Gasteiger partial charge >= 0.3 is 0 Å². The molecule has 0 bridgehead atoms. The molecule has 3 aromatic carbocycles. The Labute approximate surface area is 192 Å². The van der Waals surface area contributed by atoms with Crippen molar-refractivity contribution in [1.82, 2.24) is 9.88 Å². The molecule has 2 amide bonds. The van der Waals surface area contributed by atoms with E-state index in [0.29, 0.717) is 22.7 Å². The second-order valence-corrected chi connectivity index (χ2v) is 7.88. The van der Waals surface area contributed by atoms with Crippen molar-refractivity contribution < 1.29 is 14.3 Å². The standard InChI is InChI=1S/C27H25N3O3/c1-18-11-13-19(14-12-18)25-16-23(22-9-4-5-10-24(22)29-25)27(32)30(2)17-26(31)28-20-7-6-8-21(15-20)33-3/h4-16H,17H2,1-3H3,(H,28,31). The first kappa shape index (κ1) is 22.0. The lowest BCUT2D eigenvalue weighted by Gasteiger charge is -2.19. The van der Waals surface area contributed by atoms with E-state index in [-0.39, 0.29) is 18.4 Å². The molecule has 0 aliphatic carbocycles. The molecule has 0 spiro atoms. The first-order chi connectivity index (χ1) is 15.9. The van der Waals surface area contributed by atoms with Crippen LogP contribution in [-0.4, -0.2) is 42.4 Å². The highest BCUT2D eigenvalue weighted by Gasteiger charge is 2.19. The minimum absolute atomic E-state index is 0.0907. The summed E-state index contributed by atoms with van der Waals surface area (Å²) in [6.07, 6.45) is 0. The Hall–Kier alpha value is -4.19. The van der Waals surface area contributed by atoms with Crippen molar-refractivity contribution in [3.8, 4) is 17.0 Å². The summed E-state index contributed by atoms with van der Waals surface area (Å²) in [7, 11) is 3.19. The van der Waals surface area contributed by atoms with Crippen LogP contribution in [-0.2, 0) is 4.79 Å². The number of ether oxygens (including phenoxy) is 1. The van der Waals surface area contributed by atoms with Crippen LogP contribution >= 0.6 is 0 Å². The number of fused-ring (bicyclic) bond motifs is 1. The largest absolute Gasteiger partial charge is 0.497 e. The number of pyridine rings is 1. The number of likely N-dealkylation sites (N-methyl/N-ethyl adjacent to an activating group) is 1. The fourth-order valence-corrected chi connectivity index (χ4v) is 3.62. The summed E-state index contributed by atoms with van der Waals surface area (Å²) >= 11 is 0. The highest BCUT2D eigenvalue weighted by Crippen LogP contribution is 2.26. The number of amides is 2. The Morgan fingerprint density at radius 2 is 1.73 bits per heavy atom. The summed E-state index contributed by atoms with van der Waals surface area (Å²) in [5.41, 5.74) is 4.64. The van der Waals surface area contributed by atoms with Crippen LogP contribution in [0.25, 0.3) is 22.2 Å². The maximum Gasteiger partial charge on any atom is 0.254 e. The minimum Gasteiger partial charge on any atom is -0.497 e. The normalized spacial score (nSPS) is 10.6. The summed E-state index contributed by atoms with van der Waals surface area (Å²) in [4.78, 5) is 32.1. The van der Waals surface area contributed by atoms with Crippen molar-refractivity contribution in [2.24, 2.45) is 0 Å². The topological polar surface area (TPSA) is 71.5 Å². The number of nitrogens with zero attached hydrogens (tertiary/aromatic N) is 2. The van der Waals surface area contributed by atoms with Crippen molar-refractivity contribution in [3.63, 3.8) is 0 Å². The Bertz CT molecular complexity index is 1320. The smallest absolute Gasteiger partial charge is 0.254 e. The number of carbonyl (C=O) groups is 2. The molecule has 0 radical (unpaired) electrons. The Morgan fingerprint density at radius 1 is 0.970 bits per heavy atom. The van der Waals surface area contributed by atoms with Crippen molar-refractivity contribution >= 4 is 28.4 Å². The molecule has 1 aromatic heterocycles. The van der Waals surface area contributed by atoms with E-state index in [4.69, 9.17) is 9.72 Å². The average molecular weight is 440 g/mol. The van der Waals surface area contributed by atoms with Crippen LogP contribution in [0.3, 0.4) is 0 Å². The third kappa shape index (κ3) is 5.01. The van der Waals surface area contributed by atoms with E-state index in [2.05, 4.69) is 5.32 Å². The van der Waals surface area contributed by atoms with Crippen LogP contribution in [0, 0.1) is 6.92 Å². The van der Waals surface area contributed by atoms with Gasteiger partial charge in [0.25, 0.3) is 5.91 Å². The third-order valence-corrected chi connectivity index (χ3v) is 5.37. The lowest BCUT2D eigenvalue weighted by molar-refractivity contribution is -0.116. The van der Waals surface area contributed by atoms with E-state index in [1.807, 2.05) is 55.5 Å². The Balaban J connectivity index is 1.59. The zero-order chi connectivity index (χ0) is 23.4. The zero-order valence-corrected chi connectivity index (χ0v) is 18.8. The quantitative estimate of drug-likeness (QED) is 0.462. The number of benzene rings is 3. The molecule has 1 heterocycles. The molecule has 166 valence electrons. The first-order valence-electron chi connectivity index (χ1n) is 10.6. The molecule has 1 N–H and O–H groups in total. The number of methoxy groups -OCH3 is 1. The fourth-order valence-electron chi connectivity index (χ4n) is 3.62. The highest BCUT2D eigenvalue weighted by molar-refractivity contribution is 6.08. The molecule has 0 saturated carbocycles. The number of aromatic nitrogens is 1.